The summed E-state index contributed by atoms with van der Waals surface area (Å²) in [5, 5.41) is 8.56. The fourth-order valence-corrected chi connectivity index (χ4v) is 5.74. The second-order valence-corrected chi connectivity index (χ2v) is 13.1. The number of rotatable bonds is 18. The minimum atomic E-state index is -1.05. The summed E-state index contributed by atoms with van der Waals surface area (Å²) < 4.78 is 29.0. The first-order chi connectivity index (χ1) is 23.9. The summed E-state index contributed by atoms with van der Waals surface area (Å²) >= 11 is 0. The smallest absolute Gasteiger partial charge is 0.253 e. The second-order valence-electron chi connectivity index (χ2n) is 13.1. The molecule has 0 saturated heterocycles. The molecule has 0 fully saturated rings. The van der Waals surface area contributed by atoms with E-state index in [0.29, 0.717) is 25.2 Å². The lowest BCUT2D eigenvalue weighted by molar-refractivity contribution is -0.132. The Balaban J connectivity index is 1.77. The van der Waals surface area contributed by atoms with Crippen molar-refractivity contribution in [2.45, 2.75) is 85.0 Å². The molecule has 0 aromatic heterocycles. The van der Waals surface area contributed by atoms with Crippen molar-refractivity contribution in [2.75, 3.05) is 13.1 Å². The summed E-state index contributed by atoms with van der Waals surface area (Å²) in [5.41, 5.74) is 8.10. The van der Waals surface area contributed by atoms with Gasteiger partial charge in [-0.25, -0.2) is 8.78 Å². The van der Waals surface area contributed by atoms with E-state index in [4.69, 9.17) is 5.73 Å². The van der Waals surface area contributed by atoms with Crippen LogP contribution in [-0.2, 0) is 22.6 Å². The molecule has 50 heavy (non-hydrogen) atoms. The second kappa shape index (κ2) is 19.5. The Morgan fingerprint density at radius 3 is 2.08 bits per heavy atom. The average Bonchev–Trinajstić information content (AvgIpc) is 3.10. The normalized spacial score (nSPS) is 13.5. The van der Waals surface area contributed by atoms with Gasteiger partial charge in [-0.1, -0.05) is 83.1 Å². The zero-order chi connectivity index (χ0) is 36.8. The number of hydrogen-bond acceptors (Lipinski definition) is 5. The Morgan fingerprint density at radius 2 is 1.44 bits per heavy atom. The Hall–Kier alpha value is -4.64. The molecule has 5 N–H and O–H groups in total. The van der Waals surface area contributed by atoms with Crippen LogP contribution in [0, 0.1) is 23.5 Å². The lowest BCUT2D eigenvalue weighted by atomic mass is 9.91. The molecular formula is C39H51F2N5O4. The number of halogens is 2. The molecule has 0 spiro atoms. The largest absolute Gasteiger partial charge is 0.350 e. The molecule has 0 unspecified atom stereocenters. The van der Waals surface area contributed by atoms with Crippen LogP contribution in [0.5, 0.6) is 0 Å². The van der Waals surface area contributed by atoms with Crippen LogP contribution in [0.4, 0.5) is 8.78 Å². The van der Waals surface area contributed by atoms with Crippen LogP contribution in [0.3, 0.4) is 0 Å². The maximum absolute atomic E-state index is 14.8. The van der Waals surface area contributed by atoms with Crippen molar-refractivity contribution in [2.24, 2.45) is 17.6 Å². The predicted molar refractivity (Wildman–Crippen MR) is 191 cm³/mol. The van der Waals surface area contributed by atoms with Crippen molar-refractivity contribution in [1.82, 2.24) is 20.9 Å². The first-order valence-electron chi connectivity index (χ1n) is 17.4. The fourth-order valence-electron chi connectivity index (χ4n) is 5.74. The SMILES string of the molecule is CCCN(CCC)C(=O)c1cccc(C(=O)N[C@@H](Cc2cccc(F)c2F)[C@@H](N)C[C@@H](C)C(=O)N[C@H](C(=O)NCc2ccccc2)C(C)C)c1. The highest BCUT2D eigenvalue weighted by Crippen LogP contribution is 2.19. The highest BCUT2D eigenvalue weighted by Gasteiger charge is 2.30. The van der Waals surface area contributed by atoms with Crippen LogP contribution < -0.4 is 21.7 Å². The molecule has 3 aromatic rings. The van der Waals surface area contributed by atoms with Crippen LogP contribution in [0.1, 0.15) is 85.7 Å². The van der Waals surface area contributed by atoms with E-state index < -0.39 is 47.5 Å². The highest BCUT2D eigenvalue weighted by atomic mass is 19.2. The van der Waals surface area contributed by atoms with Gasteiger partial charge in [-0.2, -0.15) is 0 Å². The highest BCUT2D eigenvalue weighted by molar-refractivity contribution is 5.99. The monoisotopic (exact) mass is 691 g/mol. The molecule has 4 amide bonds. The molecule has 0 radical (unpaired) electrons. The Morgan fingerprint density at radius 1 is 0.800 bits per heavy atom. The van der Waals surface area contributed by atoms with Gasteiger partial charge in [0.05, 0.1) is 0 Å². The van der Waals surface area contributed by atoms with Crippen molar-refractivity contribution < 1.29 is 28.0 Å². The van der Waals surface area contributed by atoms with Crippen molar-refractivity contribution >= 4 is 23.6 Å². The van der Waals surface area contributed by atoms with Gasteiger partial charge < -0.3 is 26.6 Å². The fraction of sp³-hybridized carbons (Fsp3) is 0.436. The molecule has 0 aliphatic heterocycles. The van der Waals surface area contributed by atoms with E-state index in [2.05, 4.69) is 16.0 Å². The van der Waals surface area contributed by atoms with Gasteiger partial charge >= 0.3 is 0 Å². The first-order valence-corrected chi connectivity index (χ1v) is 17.4. The van der Waals surface area contributed by atoms with Crippen LogP contribution in [0.15, 0.2) is 72.8 Å². The predicted octanol–water partition coefficient (Wildman–Crippen LogP) is 5.38. The number of nitrogens with zero attached hydrogens (tertiary/aromatic N) is 1. The third kappa shape index (κ3) is 11.5. The quantitative estimate of drug-likeness (QED) is 0.142. The molecule has 0 aliphatic carbocycles. The molecule has 0 saturated carbocycles. The summed E-state index contributed by atoms with van der Waals surface area (Å²) in [6.45, 7) is 10.8. The van der Waals surface area contributed by atoms with Gasteiger partial charge in [0, 0.05) is 48.8 Å². The summed E-state index contributed by atoms with van der Waals surface area (Å²) in [7, 11) is 0. The van der Waals surface area contributed by atoms with Crippen LogP contribution >= 0.6 is 0 Å². The van der Waals surface area contributed by atoms with Crippen LogP contribution in [0.2, 0.25) is 0 Å². The number of nitrogens with two attached hydrogens (primary N) is 1. The van der Waals surface area contributed by atoms with E-state index in [-0.39, 0.29) is 41.7 Å². The van der Waals surface area contributed by atoms with Crippen molar-refractivity contribution in [1.29, 1.82) is 0 Å². The molecule has 9 nitrogen and oxygen atoms in total. The summed E-state index contributed by atoms with van der Waals surface area (Å²) in [5.74, 6) is -4.47. The van der Waals surface area contributed by atoms with E-state index in [1.54, 1.807) is 30.0 Å². The molecule has 0 heterocycles. The van der Waals surface area contributed by atoms with E-state index in [1.165, 1.54) is 18.2 Å². The van der Waals surface area contributed by atoms with E-state index >= 15 is 0 Å². The number of carbonyl (C=O) groups is 4. The number of hydrogen-bond donors (Lipinski definition) is 4. The summed E-state index contributed by atoms with van der Waals surface area (Å²) in [6, 6.07) is 16.9. The molecule has 3 aromatic carbocycles. The van der Waals surface area contributed by atoms with Gasteiger partial charge in [-0.3, -0.25) is 19.2 Å². The minimum Gasteiger partial charge on any atom is -0.350 e. The Kier molecular flexibility index (Phi) is 15.5. The van der Waals surface area contributed by atoms with Crippen molar-refractivity contribution in [3.05, 3.63) is 107 Å². The third-order valence-corrected chi connectivity index (χ3v) is 8.58. The van der Waals surface area contributed by atoms with Gasteiger partial charge in [0.25, 0.3) is 11.8 Å². The lowest BCUT2D eigenvalue weighted by Crippen LogP contribution is -2.53. The van der Waals surface area contributed by atoms with Gasteiger partial charge in [0.15, 0.2) is 11.6 Å². The first kappa shape index (κ1) is 39.8. The van der Waals surface area contributed by atoms with E-state index in [9.17, 15) is 28.0 Å². The number of carbonyl (C=O) groups excluding carboxylic acids is 4. The Bertz CT molecular complexity index is 1580. The lowest BCUT2D eigenvalue weighted by Gasteiger charge is -2.29. The van der Waals surface area contributed by atoms with Crippen LogP contribution in [0.25, 0.3) is 0 Å². The number of amides is 4. The van der Waals surface area contributed by atoms with Crippen LogP contribution in [-0.4, -0.2) is 59.7 Å². The zero-order valence-corrected chi connectivity index (χ0v) is 29.7. The van der Waals surface area contributed by atoms with Gasteiger partial charge in [-0.15, -0.1) is 0 Å². The van der Waals surface area contributed by atoms with E-state index in [1.807, 2.05) is 58.0 Å². The van der Waals surface area contributed by atoms with E-state index in [0.717, 1.165) is 24.5 Å². The molecule has 4 atom stereocenters. The Labute approximate surface area is 294 Å². The topological polar surface area (TPSA) is 134 Å². The number of nitrogens with one attached hydrogen (secondary N) is 3. The minimum absolute atomic E-state index is 0.0107. The molecule has 0 bridgehead atoms. The average molecular weight is 692 g/mol. The molecule has 11 heteroatoms. The van der Waals surface area contributed by atoms with Gasteiger partial charge in [0.1, 0.15) is 6.04 Å². The molecule has 3 rings (SSSR count). The summed E-state index contributed by atoms with van der Waals surface area (Å²) in [4.78, 5) is 55.0. The molecular weight excluding hydrogens is 640 g/mol. The molecule has 0 aliphatic rings. The van der Waals surface area contributed by atoms with Crippen molar-refractivity contribution in [3.8, 4) is 0 Å². The molecule has 270 valence electrons. The standard InChI is InChI=1S/C39H51F2N5O4/c1-6-19-46(20-7-2)39(50)30-17-11-16-29(22-30)37(48)44-33(23-28-15-12-18-31(40)34(28)41)32(42)21-26(5)36(47)45-35(25(3)4)38(49)43-24-27-13-9-8-10-14-27/h8-18,22,25-26,32-33,35H,6-7,19-21,23-24,42H2,1-5H3,(H,43,49)(H,44,48)(H,45,47)/t26-,32+,33+,35+/m1/s1. The van der Waals surface area contributed by atoms with Gasteiger partial charge in [0.2, 0.25) is 11.8 Å². The maximum atomic E-state index is 14.8. The number of benzene rings is 3. The zero-order valence-electron chi connectivity index (χ0n) is 29.7. The summed E-state index contributed by atoms with van der Waals surface area (Å²) in [6.07, 6.45) is 1.49. The third-order valence-electron chi connectivity index (χ3n) is 8.58. The van der Waals surface area contributed by atoms with Crippen molar-refractivity contribution in [3.63, 3.8) is 0 Å². The van der Waals surface area contributed by atoms with Gasteiger partial charge in [-0.05, 0) is 67.0 Å². The maximum Gasteiger partial charge on any atom is 0.253 e.